The lowest BCUT2D eigenvalue weighted by Crippen LogP contribution is -2.33. The van der Waals surface area contributed by atoms with E-state index in [1.807, 2.05) is 13.8 Å². The van der Waals surface area contributed by atoms with Crippen LogP contribution in [0.1, 0.15) is 26.7 Å². The number of ketones is 1. The molecule has 0 radical (unpaired) electrons. The van der Waals surface area contributed by atoms with Crippen LogP contribution in [0.15, 0.2) is 0 Å². The summed E-state index contributed by atoms with van der Waals surface area (Å²) >= 11 is 0. The first-order valence-electron chi connectivity index (χ1n) is 3.99. The summed E-state index contributed by atoms with van der Waals surface area (Å²) in [7, 11) is 0. The van der Waals surface area contributed by atoms with Gasteiger partial charge in [0.05, 0.1) is 6.04 Å². The van der Waals surface area contributed by atoms with E-state index in [0.29, 0.717) is 5.78 Å². The number of Topliss-reactive ketones (excluding diaryl/α,β-unsaturated/α-hetero) is 1. The predicted molar refractivity (Wildman–Crippen MR) is 48.1 cm³/mol. The van der Waals surface area contributed by atoms with Crippen LogP contribution < -0.4 is 5.32 Å². The van der Waals surface area contributed by atoms with E-state index in [1.54, 1.807) is 0 Å². The van der Waals surface area contributed by atoms with Gasteiger partial charge in [-0.2, -0.15) is 0 Å². The van der Waals surface area contributed by atoms with Crippen molar-refractivity contribution in [3.8, 4) is 0 Å². The van der Waals surface area contributed by atoms with Gasteiger partial charge in [-0.3, -0.25) is 4.79 Å². The molecule has 1 unspecified atom stereocenters. The molecule has 1 heterocycles. The normalized spacial score (nSPS) is 23.4. The number of rotatable bonds is 2. The van der Waals surface area contributed by atoms with Crippen molar-refractivity contribution in [3.63, 3.8) is 0 Å². The fraction of sp³-hybridized carbons (Fsp3) is 0.875. The maximum Gasteiger partial charge on any atom is 0.152 e. The Hall–Kier alpha value is -0.0800. The fourth-order valence-electron chi connectivity index (χ4n) is 1.33. The highest BCUT2D eigenvalue weighted by Gasteiger charge is 2.23. The molecule has 1 aliphatic rings. The molecule has 1 N–H and O–H groups in total. The lowest BCUT2D eigenvalue weighted by Gasteiger charge is -2.10. The van der Waals surface area contributed by atoms with Crippen LogP contribution in [-0.4, -0.2) is 18.4 Å². The quantitative estimate of drug-likeness (QED) is 0.691. The highest BCUT2D eigenvalue weighted by atomic mass is 35.5. The van der Waals surface area contributed by atoms with Gasteiger partial charge in [-0.15, -0.1) is 12.4 Å². The van der Waals surface area contributed by atoms with Crippen LogP contribution in [0.4, 0.5) is 0 Å². The smallest absolute Gasteiger partial charge is 0.152 e. The van der Waals surface area contributed by atoms with E-state index in [9.17, 15) is 4.79 Å². The standard InChI is InChI=1S/C8H15NO.ClH/c1-6(2)8(10)7-4-3-5-9-7;/h6-7,9H,3-5H2,1-2H3;1H. The van der Waals surface area contributed by atoms with Crippen LogP contribution in [0, 0.1) is 5.92 Å². The van der Waals surface area contributed by atoms with Crippen molar-refractivity contribution in [2.75, 3.05) is 6.54 Å². The van der Waals surface area contributed by atoms with E-state index in [4.69, 9.17) is 0 Å². The first-order chi connectivity index (χ1) is 4.72. The maximum absolute atomic E-state index is 11.3. The van der Waals surface area contributed by atoms with Crippen LogP contribution in [0.2, 0.25) is 0 Å². The van der Waals surface area contributed by atoms with E-state index in [1.165, 1.54) is 0 Å². The number of hydrogen-bond acceptors (Lipinski definition) is 2. The van der Waals surface area contributed by atoms with E-state index >= 15 is 0 Å². The molecule has 1 rings (SSSR count). The van der Waals surface area contributed by atoms with Crippen molar-refractivity contribution in [2.24, 2.45) is 5.92 Å². The number of carbonyl (C=O) groups excluding carboxylic acids is 1. The molecule has 2 nitrogen and oxygen atoms in total. The van der Waals surface area contributed by atoms with Crippen LogP contribution in [0.3, 0.4) is 0 Å². The Balaban J connectivity index is 0.000001000. The summed E-state index contributed by atoms with van der Waals surface area (Å²) in [6.07, 6.45) is 2.19. The van der Waals surface area contributed by atoms with Crippen LogP contribution in [0.25, 0.3) is 0 Å². The summed E-state index contributed by atoms with van der Waals surface area (Å²) < 4.78 is 0. The van der Waals surface area contributed by atoms with E-state index < -0.39 is 0 Å². The molecule has 1 fully saturated rings. The number of halogens is 1. The van der Waals surface area contributed by atoms with Gasteiger partial charge < -0.3 is 5.32 Å². The Morgan fingerprint density at radius 3 is 2.55 bits per heavy atom. The Morgan fingerprint density at radius 2 is 2.18 bits per heavy atom. The molecule has 0 saturated carbocycles. The van der Waals surface area contributed by atoms with E-state index in [-0.39, 0.29) is 24.4 Å². The molecular formula is C8H16ClNO. The van der Waals surface area contributed by atoms with Gasteiger partial charge in [-0.1, -0.05) is 13.8 Å². The highest BCUT2D eigenvalue weighted by Crippen LogP contribution is 2.10. The summed E-state index contributed by atoms with van der Waals surface area (Å²) in [5.41, 5.74) is 0. The van der Waals surface area contributed by atoms with Gasteiger partial charge in [0, 0.05) is 5.92 Å². The number of hydrogen-bond donors (Lipinski definition) is 1. The molecule has 0 aromatic rings. The molecule has 0 aromatic carbocycles. The molecule has 0 aliphatic carbocycles. The Labute approximate surface area is 74.2 Å². The van der Waals surface area contributed by atoms with Crippen molar-refractivity contribution in [3.05, 3.63) is 0 Å². The monoisotopic (exact) mass is 177 g/mol. The van der Waals surface area contributed by atoms with Gasteiger partial charge in [-0.25, -0.2) is 0 Å². The number of carbonyl (C=O) groups is 1. The van der Waals surface area contributed by atoms with Gasteiger partial charge in [0.2, 0.25) is 0 Å². The summed E-state index contributed by atoms with van der Waals surface area (Å²) in [5, 5.41) is 3.19. The second kappa shape index (κ2) is 4.73. The third-order valence-electron chi connectivity index (χ3n) is 1.97. The summed E-state index contributed by atoms with van der Waals surface area (Å²) in [6, 6.07) is 0.167. The molecular weight excluding hydrogens is 162 g/mol. The van der Waals surface area contributed by atoms with Gasteiger partial charge in [-0.05, 0) is 19.4 Å². The second-order valence-electron chi connectivity index (χ2n) is 3.21. The largest absolute Gasteiger partial charge is 0.307 e. The van der Waals surface area contributed by atoms with E-state index in [2.05, 4.69) is 5.32 Å². The minimum atomic E-state index is 0. The summed E-state index contributed by atoms with van der Waals surface area (Å²) in [6.45, 7) is 4.94. The molecule has 1 atom stereocenters. The Morgan fingerprint density at radius 1 is 1.55 bits per heavy atom. The second-order valence-corrected chi connectivity index (χ2v) is 3.21. The van der Waals surface area contributed by atoms with Crippen LogP contribution >= 0.6 is 12.4 Å². The zero-order valence-corrected chi connectivity index (χ0v) is 7.91. The van der Waals surface area contributed by atoms with Crippen molar-refractivity contribution < 1.29 is 4.79 Å². The summed E-state index contributed by atoms with van der Waals surface area (Å²) in [4.78, 5) is 11.3. The molecule has 0 aromatic heterocycles. The lowest BCUT2D eigenvalue weighted by molar-refractivity contribution is -0.123. The molecule has 1 saturated heterocycles. The first kappa shape index (κ1) is 10.9. The first-order valence-corrected chi connectivity index (χ1v) is 3.99. The molecule has 66 valence electrons. The third kappa shape index (κ3) is 2.80. The third-order valence-corrected chi connectivity index (χ3v) is 1.97. The Kier molecular flexibility index (Phi) is 4.69. The zero-order valence-electron chi connectivity index (χ0n) is 7.09. The maximum atomic E-state index is 11.3. The molecule has 3 heteroatoms. The Bertz CT molecular complexity index is 130. The van der Waals surface area contributed by atoms with Gasteiger partial charge >= 0.3 is 0 Å². The van der Waals surface area contributed by atoms with Crippen LogP contribution in [0.5, 0.6) is 0 Å². The number of nitrogens with one attached hydrogen (secondary N) is 1. The topological polar surface area (TPSA) is 29.1 Å². The van der Waals surface area contributed by atoms with Crippen molar-refractivity contribution in [1.29, 1.82) is 0 Å². The average Bonchev–Trinajstić information content (AvgIpc) is 2.36. The molecule has 0 bridgehead atoms. The van der Waals surface area contributed by atoms with Gasteiger partial charge in [0.15, 0.2) is 5.78 Å². The minimum absolute atomic E-state index is 0. The van der Waals surface area contributed by atoms with Crippen molar-refractivity contribution in [2.45, 2.75) is 32.7 Å². The fourth-order valence-corrected chi connectivity index (χ4v) is 1.33. The molecule has 11 heavy (non-hydrogen) atoms. The average molecular weight is 178 g/mol. The minimum Gasteiger partial charge on any atom is -0.307 e. The SMILES string of the molecule is CC(C)C(=O)C1CCCN1.Cl. The predicted octanol–water partition coefficient (Wildman–Crippen LogP) is 1.39. The van der Waals surface area contributed by atoms with Crippen LogP contribution in [-0.2, 0) is 4.79 Å². The van der Waals surface area contributed by atoms with Crippen molar-refractivity contribution in [1.82, 2.24) is 5.32 Å². The van der Waals surface area contributed by atoms with E-state index in [0.717, 1.165) is 19.4 Å². The molecule has 1 aliphatic heterocycles. The van der Waals surface area contributed by atoms with Gasteiger partial charge in [0.1, 0.15) is 0 Å². The van der Waals surface area contributed by atoms with Crippen molar-refractivity contribution >= 4 is 18.2 Å². The molecule has 0 amide bonds. The lowest BCUT2D eigenvalue weighted by atomic mass is 10.0. The highest BCUT2D eigenvalue weighted by molar-refractivity contribution is 5.86. The van der Waals surface area contributed by atoms with Gasteiger partial charge in [0.25, 0.3) is 0 Å². The molecule has 0 spiro atoms. The zero-order chi connectivity index (χ0) is 7.56. The summed E-state index contributed by atoms with van der Waals surface area (Å²) in [5.74, 6) is 0.563.